The average Bonchev–Trinajstić information content (AvgIpc) is 3.10. The van der Waals surface area contributed by atoms with E-state index in [-0.39, 0.29) is 19.0 Å². The molecule has 0 heterocycles. The molecule has 4 aromatic rings. The third kappa shape index (κ3) is 9.34. The molecule has 0 radical (unpaired) electrons. The fourth-order valence-corrected chi connectivity index (χ4v) is 5.76. The first-order valence-corrected chi connectivity index (χ1v) is 16.0. The van der Waals surface area contributed by atoms with Crippen LogP contribution in [0.2, 0.25) is 0 Å². The smallest absolute Gasteiger partial charge is 0.306 e. The lowest BCUT2D eigenvalue weighted by molar-refractivity contribution is -0.281. The Morgan fingerprint density at radius 1 is 0.478 bits per heavy atom. The maximum atomic E-state index is 13.1. The molecule has 5 rings (SSSR count). The first-order chi connectivity index (χ1) is 22.7. The summed E-state index contributed by atoms with van der Waals surface area (Å²) in [5.41, 5.74) is 4.00. The summed E-state index contributed by atoms with van der Waals surface area (Å²) in [6.07, 6.45) is -3.23. The number of carbonyl (C=O) groups is 1. The Morgan fingerprint density at radius 3 is 1.09 bits per heavy atom. The van der Waals surface area contributed by atoms with Crippen molar-refractivity contribution in [2.45, 2.75) is 82.8 Å². The zero-order chi connectivity index (χ0) is 32.0. The van der Waals surface area contributed by atoms with Gasteiger partial charge in [-0.2, -0.15) is 0 Å². The lowest BCUT2D eigenvalue weighted by Gasteiger charge is -2.49. The van der Waals surface area contributed by atoms with Crippen LogP contribution < -0.4 is 0 Å². The predicted molar refractivity (Wildman–Crippen MR) is 176 cm³/mol. The maximum Gasteiger partial charge on any atom is 0.306 e. The summed E-state index contributed by atoms with van der Waals surface area (Å²) < 4.78 is 39.2. The molecule has 242 valence electrons. The van der Waals surface area contributed by atoms with Gasteiger partial charge in [0.2, 0.25) is 0 Å². The quantitative estimate of drug-likeness (QED) is 0.124. The summed E-state index contributed by atoms with van der Waals surface area (Å²) >= 11 is 0. The number of methoxy groups -OCH3 is 1. The van der Waals surface area contributed by atoms with Gasteiger partial charge in [-0.25, -0.2) is 0 Å². The van der Waals surface area contributed by atoms with Crippen molar-refractivity contribution in [1.82, 2.24) is 0 Å². The highest BCUT2D eigenvalue weighted by molar-refractivity contribution is 5.69. The standard InChI is InChI=1S/C39H44O7/c1-3-16-33(40)46-39-34(41-2)35(42-25-29-17-8-4-9-18-29)36(43-26-30-19-10-5-11-20-30)37(44-27-31-21-12-6-13-22-31)38(39)45-28-32-23-14-7-15-24-32/h4-15,17-24,34-39H,3,16,25-28H2,1-2H3/t34-,35+,36-,37+,38-,39-/m1/s1. The summed E-state index contributed by atoms with van der Waals surface area (Å²) in [5, 5.41) is 0. The first kappa shape index (κ1) is 33.5. The van der Waals surface area contributed by atoms with Gasteiger partial charge in [-0.15, -0.1) is 0 Å². The van der Waals surface area contributed by atoms with E-state index in [0.29, 0.717) is 26.2 Å². The fourth-order valence-electron chi connectivity index (χ4n) is 5.76. The van der Waals surface area contributed by atoms with Gasteiger partial charge in [-0.3, -0.25) is 4.79 Å². The molecule has 46 heavy (non-hydrogen) atoms. The minimum Gasteiger partial charge on any atom is -0.457 e. The summed E-state index contributed by atoms with van der Waals surface area (Å²) in [4.78, 5) is 13.1. The molecule has 0 bridgehead atoms. The van der Waals surface area contributed by atoms with Crippen LogP contribution in [-0.4, -0.2) is 49.7 Å². The second kappa shape index (κ2) is 17.7. The zero-order valence-electron chi connectivity index (χ0n) is 26.6. The Balaban J connectivity index is 1.53. The molecule has 4 aromatic carbocycles. The average molecular weight is 625 g/mol. The number of hydrogen-bond acceptors (Lipinski definition) is 7. The molecule has 1 saturated carbocycles. The second-order valence-electron chi connectivity index (χ2n) is 11.4. The lowest BCUT2D eigenvalue weighted by atomic mass is 9.83. The van der Waals surface area contributed by atoms with Gasteiger partial charge in [0.1, 0.15) is 30.5 Å². The van der Waals surface area contributed by atoms with Crippen molar-refractivity contribution in [2.24, 2.45) is 0 Å². The van der Waals surface area contributed by atoms with Gasteiger partial charge in [0.15, 0.2) is 6.10 Å². The minimum absolute atomic E-state index is 0.275. The van der Waals surface area contributed by atoms with Gasteiger partial charge in [0, 0.05) is 13.5 Å². The van der Waals surface area contributed by atoms with E-state index in [1.807, 2.05) is 128 Å². The molecule has 0 N–H and O–H groups in total. The SMILES string of the molecule is CCCC(=O)O[C@@H]1[C@H](OC)[C@H](OCc2ccccc2)[C@@H](OCc2ccccc2)[C@H](OCc2ccccc2)[C@H]1OCc1ccccc1. The van der Waals surface area contributed by atoms with Crippen LogP contribution in [0.4, 0.5) is 0 Å². The molecule has 0 unspecified atom stereocenters. The molecular formula is C39H44O7. The van der Waals surface area contributed by atoms with E-state index < -0.39 is 36.6 Å². The lowest BCUT2D eigenvalue weighted by Crippen LogP contribution is -2.67. The molecule has 6 atom stereocenters. The van der Waals surface area contributed by atoms with Gasteiger partial charge in [-0.05, 0) is 28.7 Å². The summed E-state index contributed by atoms with van der Waals surface area (Å²) in [6.45, 7) is 3.18. The van der Waals surface area contributed by atoms with E-state index in [4.69, 9.17) is 28.4 Å². The molecule has 1 aliphatic rings. The number of esters is 1. The van der Waals surface area contributed by atoms with Crippen molar-refractivity contribution in [3.63, 3.8) is 0 Å². The molecule has 0 aliphatic heterocycles. The zero-order valence-corrected chi connectivity index (χ0v) is 26.6. The van der Waals surface area contributed by atoms with E-state index in [2.05, 4.69) is 0 Å². The molecule has 0 spiro atoms. The largest absolute Gasteiger partial charge is 0.457 e. The molecule has 0 saturated heterocycles. The maximum absolute atomic E-state index is 13.1. The number of ether oxygens (including phenoxy) is 6. The van der Waals surface area contributed by atoms with Crippen LogP contribution in [0, 0.1) is 0 Å². The molecule has 1 fully saturated rings. The van der Waals surface area contributed by atoms with Gasteiger partial charge in [0.25, 0.3) is 0 Å². The minimum atomic E-state index is -0.814. The highest BCUT2D eigenvalue weighted by atomic mass is 16.6. The van der Waals surface area contributed by atoms with Crippen molar-refractivity contribution in [3.05, 3.63) is 144 Å². The Hall–Kier alpha value is -3.85. The topological polar surface area (TPSA) is 72.5 Å². The number of benzene rings is 4. The normalized spacial score (nSPS) is 22.7. The van der Waals surface area contributed by atoms with E-state index in [9.17, 15) is 4.79 Å². The molecular weight excluding hydrogens is 580 g/mol. The second-order valence-corrected chi connectivity index (χ2v) is 11.4. The van der Waals surface area contributed by atoms with Gasteiger partial charge < -0.3 is 28.4 Å². The van der Waals surface area contributed by atoms with E-state index in [1.165, 1.54) is 0 Å². The summed E-state index contributed by atoms with van der Waals surface area (Å²) in [7, 11) is 1.61. The molecule has 1 aliphatic carbocycles. The monoisotopic (exact) mass is 624 g/mol. The van der Waals surface area contributed by atoms with Crippen LogP contribution in [-0.2, 0) is 59.6 Å². The Labute approximate surface area is 272 Å². The van der Waals surface area contributed by atoms with Crippen LogP contribution in [0.25, 0.3) is 0 Å². The van der Waals surface area contributed by atoms with Crippen LogP contribution in [0.5, 0.6) is 0 Å². The molecule has 0 aromatic heterocycles. The highest BCUT2D eigenvalue weighted by Gasteiger charge is 2.55. The van der Waals surface area contributed by atoms with Crippen LogP contribution >= 0.6 is 0 Å². The molecule has 7 nitrogen and oxygen atoms in total. The van der Waals surface area contributed by atoms with Crippen LogP contribution in [0.3, 0.4) is 0 Å². The van der Waals surface area contributed by atoms with Gasteiger partial charge in [0.05, 0.1) is 26.4 Å². The predicted octanol–water partition coefficient (Wildman–Crippen LogP) is 7.07. The molecule has 0 amide bonds. The number of carbonyl (C=O) groups excluding carboxylic acids is 1. The van der Waals surface area contributed by atoms with E-state index >= 15 is 0 Å². The highest BCUT2D eigenvalue weighted by Crippen LogP contribution is 2.36. The number of rotatable bonds is 16. The summed E-state index contributed by atoms with van der Waals surface area (Å²) in [5.74, 6) is -0.324. The Morgan fingerprint density at radius 2 is 0.783 bits per heavy atom. The molecule has 7 heteroatoms. The van der Waals surface area contributed by atoms with Crippen molar-refractivity contribution in [1.29, 1.82) is 0 Å². The van der Waals surface area contributed by atoms with Crippen molar-refractivity contribution in [2.75, 3.05) is 7.11 Å². The third-order valence-corrected chi connectivity index (χ3v) is 8.08. The Kier molecular flexibility index (Phi) is 12.9. The Bertz CT molecular complexity index is 1420. The van der Waals surface area contributed by atoms with Crippen LogP contribution in [0.1, 0.15) is 42.0 Å². The first-order valence-electron chi connectivity index (χ1n) is 16.0. The van der Waals surface area contributed by atoms with Gasteiger partial charge in [-0.1, -0.05) is 128 Å². The van der Waals surface area contributed by atoms with E-state index in [1.54, 1.807) is 7.11 Å². The van der Waals surface area contributed by atoms with Crippen molar-refractivity contribution < 1.29 is 33.2 Å². The fraction of sp³-hybridized carbons (Fsp3) is 0.359. The van der Waals surface area contributed by atoms with Gasteiger partial charge >= 0.3 is 5.97 Å². The summed E-state index contributed by atoms with van der Waals surface area (Å²) in [6, 6.07) is 39.8. The van der Waals surface area contributed by atoms with Crippen molar-refractivity contribution >= 4 is 5.97 Å². The van der Waals surface area contributed by atoms with Crippen LogP contribution in [0.15, 0.2) is 121 Å². The van der Waals surface area contributed by atoms with E-state index in [0.717, 1.165) is 22.3 Å². The number of hydrogen-bond donors (Lipinski definition) is 0. The van der Waals surface area contributed by atoms with Crippen molar-refractivity contribution in [3.8, 4) is 0 Å². The third-order valence-electron chi connectivity index (χ3n) is 8.08.